The van der Waals surface area contributed by atoms with E-state index in [-0.39, 0.29) is 0 Å². The monoisotopic (exact) mass is 302 g/mol. The van der Waals surface area contributed by atoms with Crippen LogP contribution in [0.3, 0.4) is 0 Å². The summed E-state index contributed by atoms with van der Waals surface area (Å²) in [6, 6.07) is 7.06. The van der Waals surface area contributed by atoms with Gasteiger partial charge < -0.3 is 0 Å². The van der Waals surface area contributed by atoms with Gasteiger partial charge in [-0.3, -0.25) is 0 Å². The molecule has 0 saturated heterocycles. The van der Waals surface area contributed by atoms with Crippen LogP contribution in [-0.2, 0) is 19.3 Å². The second-order valence-electron chi connectivity index (χ2n) is 6.78. The van der Waals surface area contributed by atoms with Gasteiger partial charge in [0.05, 0.1) is 0 Å². The molecule has 1 aromatic rings. The molecular weight excluding hydrogens is 264 g/mol. The highest BCUT2D eigenvalue weighted by atomic mass is 14.1. The molecule has 1 rings (SSSR count). The molecule has 0 heterocycles. The molecule has 126 valence electrons. The molecule has 0 bridgehead atoms. The van der Waals surface area contributed by atoms with Crippen molar-refractivity contribution in [3.63, 3.8) is 0 Å². The third-order valence-electron chi connectivity index (χ3n) is 4.72. The summed E-state index contributed by atoms with van der Waals surface area (Å²) in [7, 11) is 0. The lowest BCUT2D eigenvalue weighted by molar-refractivity contribution is 0.605. The van der Waals surface area contributed by atoms with Gasteiger partial charge >= 0.3 is 0 Å². The number of aryl methyl sites for hydroxylation is 2. The van der Waals surface area contributed by atoms with Crippen molar-refractivity contribution in [2.45, 2.75) is 104 Å². The summed E-state index contributed by atoms with van der Waals surface area (Å²) < 4.78 is 0. The van der Waals surface area contributed by atoms with E-state index in [0.717, 1.165) is 0 Å². The Balaban J connectivity index is 2.56. The van der Waals surface area contributed by atoms with E-state index < -0.39 is 0 Å². The summed E-state index contributed by atoms with van der Waals surface area (Å²) in [5.41, 5.74) is 4.98. The number of rotatable bonds is 13. The first-order valence-corrected chi connectivity index (χ1v) is 9.93. The molecule has 0 aliphatic rings. The molecule has 0 fully saturated rings. The maximum atomic E-state index is 2.40. The lowest BCUT2D eigenvalue weighted by Gasteiger charge is -2.15. The van der Waals surface area contributed by atoms with Crippen LogP contribution in [0.25, 0.3) is 0 Å². The molecule has 1 aromatic carbocycles. The molecule has 0 aromatic heterocycles. The number of hydrogen-bond acceptors (Lipinski definition) is 0. The van der Waals surface area contributed by atoms with E-state index in [2.05, 4.69) is 39.0 Å². The van der Waals surface area contributed by atoms with Crippen LogP contribution in [0.2, 0.25) is 0 Å². The second kappa shape index (κ2) is 12.7. The average molecular weight is 303 g/mol. The fourth-order valence-corrected chi connectivity index (χ4v) is 3.39. The SMILES string of the molecule is CCCCCCCCc1cccc(CCC)c1CCCCC. The highest BCUT2D eigenvalue weighted by molar-refractivity contribution is 5.36. The van der Waals surface area contributed by atoms with Crippen molar-refractivity contribution < 1.29 is 0 Å². The van der Waals surface area contributed by atoms with Crippen molar-refractivity contribution in [2.75, 3.05) is 0 Å². The normalized spacial score (nSPS) is 11.0. The molecule has 0 nitrogen and oxygen atoms in total. The first-order valence-electron chi connectivity index (χ1n) is 9.93. The van der Waals surface area contributed by atoms with Gasteiger partial charge in [-0.1, -0.05) is 90.3 Å². The molecule has 0 radical (unpaired) electrons. The lowest BCUT2D eigenvalue weighted by Crippen LogP contribution is -2.01. The molecule has 0 N–H and O–H groups in total. The van der Waals surface area contributed by atoms with E-state index in [0.29, 0.717) is 0 Å². The predicted octanol–water partition coefficient (Wildman–Crippen LogP) is 7.27. The zero-order valence-electron chi connectivity index (χ0n) is 15.4. The van der Waals surface area contributed by atoms with Crippen LogP contribution in [0.4, 0.5) is 0 Å². The molecule has 0 heteroatoms. The Hall–Kier alpha value is -0.780. The van der Waals surface area contributed by atoms with E-state index in [1.807, 2.05) is 0 Å². The predicted molar refractivity (Wildman–Crippen MR) is 101 cm³/mol. The molecular formula is C22H38. The first kappa shape index (κ1) is 19.3. The van der Waals surface area contributed by atoms with Gasteiger partial charge in [-0.25, -0.2) is 0 Å². The minimum atomic E-state index is 1.26. The standard InChI is InChI=1S/C22H38/c1-4-7-9-10-11-13-16-21-18-14-17-20(15-6-3)22(21)19-12-8-5-2/h14,17-18H,4-13,15-16,19H2,1-3H3. The van der Waals surface area contributed by atoms with Crippen LogP contribution < -0.4 is 0 Å². The molecule has 0 atom stereocenters. The Kier molecular flexibility index (Phi) is 11.2. The Bertz CT molecular complexity index is 378. The summed E-state index contributed by atoms with van der Waals surface area (Å²) in [4.78, 5) is 0. The van der Waals surface area contributed by atoms with Gasteiger partial charge in [0.2, 0.25) is 0 Å². The van der Waals surface area contributed by atoms with Gasteiger partial charge in [-0.15, -0.1) is 0 Å². The minimum absolute atomic E-state index is 1.26. The van der Waals surface area contributed by atoms with Crippen LogP contribution in [-0.4, -0.2) is 0 Å². The van der Waals surface area contributed by atoms with Crippen LogP contribution in [0, 0.1) is 0 Å². The van der Waals surface area contributed by atoms with Gasteiger partial charge in [-0.2, -0.15) is 0 Å². The topological polar surface area (TPSA) is 0 Å². The van der Waals surface area contributed by atoms with E-state index in [1.54, 1.807) is 16.7 Å². The van der Waals surface area contributed by atoms with Gasteiger partial charge in [-0.05, 0) is 48.8 Å². The summed E-state index contributed by atoms with van der Waals surface area (Å²) in [5, 5.41) is 0. The maximum Gasteiger partial charge on any atom is -0.0273 e. The Morgan fingerprint density at radius 2 is 1.09 bits per heavy atom. The Morgan fingerprint density at radius 3 is 1.77 bits per heavy atom. The van der Waals surface area contributed by atoms with Crippen molar-refractivity contribution in [1.82, 2.24) is 0 Å². The van der Waals surface area contributed by atoms with Crippen LogP contribution in [0.5, 0.6) is 0 Å². The van der Waals surface area contributed by atoms with Gasteiger partial charge in [0.1, 0.15) is 0 Å². The minimum Gasteiger partial charge on any atom is -0.0654 e. The summed E-state index contributed by atoms with van der Waals surface area (Å²) in [5.74, 6) is 0. The van der Waals surface area contributed by atoms with Gasteiger partial charge in [0.15, 0.2) is 0 Å². The Labute approximate surface area is 139 Å². The molecule has 22 heavy (non-hydrogen) atoms. The zero-order valence-corrected chi connectivity index (χ0v) is 15.4. The summed E-state index contributed by atoms with van der Waals surface area (Å²) >= 11 is 0. The average Bonchev–Trinajstić information content (AvgIpc) is 2.53. The molecule has 0 aliphatic carbocycles. The van der Waals surface area contributed by atoms with Crippen molar-refractivity contribution >= 4 is 0 Å². The summed E-state index contributed by atoms with van der Waals surface area (Å²) in [6.07, 6.45) is 17.6. The Morgan fingerprint density at radius 1 is 0.545 bits per heavy atom. The van der Waals surface area contributed by atoms with Crippen molar-refractivity contribution in [3.8, 4) is 0 Å². The second-order valence-corrected chi connectivity index (χ2v) is 6.78. The van der Waals surface area contributed by atoms with Gasteiger partial charge in [0.25, 0.3) is 0 Å². The fourth-order valence-electron chi connectivity index (χ4n) is 3.39. The van der Waals surface area contributed by atoms with E-state index in [9.17, 15) is 0 Å². The largest absolute Gasteiger partial charge is 0.0654 e. The van der Waals surface area contributed by atoms with E-state index in [1.165, 1.54) is 83.5 Å². The van der Waals surface area contributed by atoms with Crippen LogP contribution in [0.15, 0.2) is 18.2 Å². The maximum absolute atomic E-state index is 2.40. The molecule has 0 aliphatic heterocycles. The lowest BCUT2D eigenvalue weighted by atomic mass is 9.91. The molecule has 0 unspecified atom stereocenters. The highest BCUT2D eigenvalue weighted by Crippen LogP contribution is 2.22. The van der Waals surface area contributed by atoms with Crippen LogP contribution in [0.1, 0.15) is 102 Å². The van der Waals surface area contributed by atoms with Crippen molar-refractivity contribution in [2.24, 2.45) is 0 Å². The molecule has 0 amide bonds. The molecule has 0 saturated carbocycles. The smallest absolute Gasteiger partial charge is 0.0273 e. The molecule has 0 spiro atoms. The van der Waals surface area contributed by atoms with E-state index in [4.69, 9.17) is 0 Å². The summed E-state index contributed by atoms with van der Waals surface area (Å²) in [6.45, 7) is 6.90. The quantitative estimate of drug-likeness (QED) is 0.336. The van der Waals surface area contributed by atoms with Crippen molar-refractivity contribution in [3.05, 3.63) is 34.9 Å². The zero-order chi connectivity index (χ0) is 16.0. The van der Waals surface area contributed by atoms with Gasteiger partial charge in [0, 0.05) is 0 Å². The highest BCUT2D eigenvalue weighted by Gasteiger charge is 2.07. The van der Waals surface area contributed by atoms with E-state index >= 15 is 0 Å². The number of unbranched alkanes of at least 4 members (excludes halogenated alkanes) is 7. The van der Waals surface area contributed by atoms with Crippen LogP contribution >= 0.6 is 0 Å². The third kappa shape index (κ3) is 7.47. The first-order chi connectivity index (χ1) is 10.8. The number of benzene rings is 1. The van der Waals surface area contributed by atoms with Crippen molar-refractivity contribution in [1.29, 1.82) is 0 Å². The third-order valence-corrected chi connectivity index (χ3v) is 4.72. The number of hydrogen-bond donors (Lipinski definition) is 0. The fraction of sp³-hybridized carbons (Fsp3) is 0.727.